The van der Waals surface area contributed by atoms with E-state index in [0.29, 0.717) is 5.92 Å². The first-order valence-electron chi connectivity index (χ1n) is 9.27. The number of hydrogen-bond donors (Lipinski definition) is 0. The summed E-state index contributed by atoms with van der Waals surface area (Å²) in [7, 11) is 0. The molecule has 0 aliphatic carbocycles. The molecule has 0 saturated heterocycles. The van der Waals surface area contributed by atoms with Crippen LogP contribution in [-0.4, -0.2) is 4.98 Å². The second-order valence-corrected chi connectivity index (χ2v) is 7.77. The maximum absolute atomic E-state index is 6.37. The lowest BCUT2D eigenvalue weighted by Crippen LogP contribution is -1.92. The molecule has 0 amide bonds. The van der Waals surface area contributed by atoms with Crippen LogP contribution in [0.4, 0.5) is 0 Å². The summed E-state index contributed by atoms with van der Waals surface area (Å²) < 4.78 is 6.37. The van der Waals surface area contributed by atoms with Crippen LogP contribution in [0.15, 0.2) is 40.8 Å². The summed E-state index contributed by atoms with van der Waals surface area (Å²) >= 11 is 0. The fraction of sp³-hybridized carbons (Fsp3) is 0.292. The van der Waals surface area contributed by atoms with Crippen LogP contribution in [0.2, 0.25) is 0 Å². The van der Waals surface area contributed by atoms with E-state index in [1.54, 1.807) is 0 Å². The van der Waals surface area contributed by atoms with E-state index in [2.05, 4.69) is 77.9 Å². The molecule has 2 heteroatoms. The summed E-state index contributed by atoms with van der Waals surface area (Å²) in [6.07, 6.45) is 0. The quantitative estimate of drug-likeness (QED) is 0.391. The van der Waals surface area contributed by atoms with Gasteiger partial charge in [-0.05, 0) is 62.4 Å². The Kier molecular flexibility index (Phi) is 3.87. The van der Waals surface area contributed by atoms with Gasteiger partial charge >= 0.3 is 0 Å². The number of hydrogen-bond acceptors (Lipinski definition) is 2. The fourth-order valence-corrected chi connectivity index (χ4v) is 3.92. The van der Waals surface area contributed by atoms with E-state index in [0.717, 1.165) is 28.3 Å². The topological polar surface area (TPSA) is 26.0 Å². The average Bonchev–Trinajstić information content (AvgIpc) is 2.90. The Bertz CT molecular complexity index is 1140. The normalized spacial score (nSPS) is 11.8. The van der Waals surface area contributed by atoms with Crippen molar-refractivity contribution in [1.29, 1.82) is 0 Å². The SMILES string of the molecule is Cc1ccc2c(-c3cc(C)cc4c(C)c(C(C)C)oc34)nc(C)cc2c1. The minimum atomic E-state index is 0.361. The van der Waals surface area contributed by atoms with Gasteiger partial charge in [0.15, 0.2) is 0 Å². The standard InChI is InChI=1S/C24H25NO/c1-13(2)23-17(6)20-10-15(4)11-21(24(20)26-23)22-19-8-7-14(3)9-18(19)12-16(5)25-22/h7-13H,1-6H3. The lowest BCUT2D eigenvalue weighted by molar-refractivity contribution is 0.518. The number of benzene rings is 2. The first-order valence-corrected chi connectivity index (χ1v) is 9.27. The van der Waals surface area contributed by atoms with Gasteiger partial charge in [-0.15, -0.1) is 0 Å². The Hall–Kier alpha value is -2.61. The summed E-state index contributed by atoms with van der Waals surface area (Å²) in [5.74, 6) is 1.43. The van der Waals surface area contributed by atoms with E-state index in [4.69, 9.17) is 9.40 Å². The van der Waals surface area contributed by atoms with Crippen molar-refractivity contribution in [2.24, 2.45) is 0 Å². The summed E-state index contributed by atoms with van der Waals surface area (Å²) in [4.78, 5) is 4.92. The molecule has 0 spiro atoms. The molecular formula is C24H25NO. The Morgan fingerprint density at radius 2 is 1.62 bits per heavy atom. The van der Waals surface area contributed by atoms with Gasteiger partial charge in [-0.1, -0.05) is 37.6 Å². The van der Waals surface area contributed by atoms with Crippen LogP contribution in [-0.2, 0) is 0 Å². The average molecular weight is 343 g/mol. The molecule has 0 N–H and O–H groups in total. The van der Waals surface area contributed by atoms with Crippen molar-refractivity contribution in [3.8, 4) is 11.3 Å². The molecule has 0 bridgehead atoms. The molecule has 132 valence electrons. The van der Waals surface area contributed by atoms with E-state index in [-0.39, 0.29) is 0 Å². The van der Waals surface area contributed by atoms with Crippen LogP contribution in [0.5, 0.6) is 0 Å². The number of pyridine rings is 1. The lowest BCUT2D eigenvalue weighted by Gasteiger charge is -2.10. The summed E-state index contributed by atoms with van der Waals surface area (Å²) in [5, 5.41) is 3.61. The smallest absolute Gasteiger partial charge is 0.143 e. The summed E-state index contributed by atoms with van der Waals surface area (Å²) in [6, 6.07) is 13.2. The first kappa shape index (κ1) is 16.8. The van der Waals surface area contributed by atoms with Crippen molar-refractivity contribution in [3.05, 3.63) is 64.5 Å². The number of aryl methyl sites for hydroxylation is 4. The molecule has 0 atom stereocenters. The van der Waals surface area contributed by atoms with Crippen LogP contribution >= 0.6 is 0 Å². The molecule has 2 nitrogen and oxygen atoms in total. The van der Waals surface area contributed by atoms with Crippen molar-refractivity contribution >= 4 is 21.7 Å². The molecule has 0 radical (unpaired) electrons. The number of furan rings is 1. The number of rotatable bonds is 2. The van der Waals surface area contributed by atoms with Gasteiger partial charge < -0.3 is 4.42 Å². The molecule has 2 heterocycles. The van der Waals surface area contributed by atoms with E-state index < -0.39 is 0 Å². The Balaban J connectivity index is 2.12. The maximum atomic E-state index is 6.37. The highest BCUT2D eigenvalue weighted by Gasteiger charge is 2.19. The van der Waals surface area contributed by atoms with E-state index >= 15 is 0 Å². The maximum Gasteiger partial charge on any atom is 0.143 e. The third-order valence-corrected chi connectivity index (χ3v) is 5.11. The van der Waals surface area contributed by atoms with Gasteiger partial charge in [-0.3, -0.25) is 4.98 Å². The molecule has 0 aliphatic heterocycles. The van der Waals surface area contributed by atoms with E-state index in [9.17, 15) is 0 Å². The first-order chi connectivity index (χ1) is 12.3. The number of fused-ring (bicyclic) bond motifs is 2. The van der Waals surface area contributed by atoms with Crippen molar-refractivity contribution in [3.63, 3.8) is 0 Å². The van der Waals surface area contributed by atoms with E-state index in [1.165, 1.54) is 32.8 Å². The molecule has 2 aromatic heterocycles. The van der Waals surface area contributed by atoms with Gasteiger partial charge in [0, 0.05) is 27.9 Å². The van der Waals surface area contributed by atoms with Crippen LogP contribution in [0, 0.1) is 27.7 Å². The van der Waals surface area contributed by atoms with Crippen molar-refractivity contribution in [1.82, 2.24) is 4.98 Å². The predicted molar refractivity (Wildman–Crippen MR) is 110 cm³/mol. The monoisotopic (exact) mass is 343 g/mol. The van der Waals surface area contributed by atoms with Gasteiger partial charge in [0.05, 0.1) is 5.69 Å². The van der Waals surface area contributed by atoms with Gasteiger partial charge in [-0.2, -0.15) is 0 Å². The van der Waals surface area contributed by atoms with Gasteiger partial charge in [-0.25, -0.2) is 0 Å². The predicted octanol–water partition coefficient (Wildman–Crippen LogP) is 7.01. The van der Waals surface area contributed by atoms with Gasteiger partial charge in [0.25, 0.3) is 0 Å². The van der Waals surface area contributed by atoms with Crippen molar-refractivity contribution < 1.29 is 4.42 Å². The minimum Gasteiger partial charge on any atom is -0.460 e. The van der Waals surface area contributed by atoms with Gasteiger partial charge in [0.2, 0.25) is 0 Å². The van der Waals surface area contributed by atoms with Crippen LogP contribution in [0.3, 0.4) is 0 Å². The van der Waals surface area contributed by atoms with Crippen LogP contribution in [0.25, 0.3) is 33.0 Å². The fourth-order valence-electron chi connectivity index (χ4n) is 3.92. The largest absolute Gasteiger partial charge is 0.460 e. The molecule has 0 fully saturated rings. The summed E-state index contributed by atoms with van der Waals surface area (Å²) in [6.45, 7) is 12.9. The molecule has 4 aromatic rings. The molecule has 0 aliphatic rings. The Morgan fingerprint density at radius 3 is 2.35 bits per heavy atom. The third kappa shape index (κ3) is 2.61. The van der Waals surface area contributed by atoms with E-state index in [1.807, 2.05) is 0 Å². The second-order valence-electron chi connectivity index (χ2n) is 7.77. The van der Waals surface area contributed by atoms with Crippen molar-refractivity contribution in [2.45, 2.75) is 47.5 Å². The lowest BCUT2D eigenvalue weighted by atomic mass is 9.97. The molecule has 0 saturated carbocycles. The van der Waals surface area contributed by atoms with Crippen LogP contribution < -0.4 is 0 Å². The second kappa shape index (κ2) is 5.98. The Morgan fingerprint density at radius 1 is 0.846 bits per heavy atom. The molecular weight excluding hydrogens is 318 g/mol. The highest BCUT2D eigenvalue weighted by molar-refractivity contribution is 6.03. The zero-order valence-electron chi connectivity index (χ0n) is 16.4. The minimum absolute atomic E-state index is 0.361. The molecule has 4 rings (SSSR count). The molecule has 26 heavy (non-hydrogen) atoms. The molecule has 2 aromatic carbocycles. The van der Waals surface area contributed by atoms with Crippen molar-refractivity contribution in [2.75, 3.05) is 0 Å². The third-order valence-electron chi connectivity index (χ3n) is 5.11. The zero-order valence-corrected chi connectivity index (χ0v) is 16.4. The highest BCUT2D eigenvalue weighted by Crippen LogP contribution is 2.39. The zero-order chi connectivity index (χ0) is 18.6. The Labute approximate surface area is 154 Å². The summed E-state index contributed by atoms with van der Waals surface area (Å²) in [5.41, 5.74) is 7.82. The number of nitrogens with zero attached hydrogens (tertiary/aromatic N) is 1. The highest BCUT2D eigenvalue weighted by atomic mass is 16.3. The van der Waals surface area contributed by atoms with Crippen LogP contribution in [0.1, 0.15) is 47.9 Å². The molecule has 0 unspecified atom stereocenters. The van der Waals surface area contributed by atoms with Gasteiger partial charge in [0.1, 0.15) is 11.3 Å². The number of aromatic nitrogens is 1.